The van der Waals surface area contributed by atoms with E-state index in [0.717, 1.165) is 41.9 Å². The zero-order chi connectivity index (χ0) is 29.0. The average molecular weight is 564 g/mol. The topological polar surface area (TPSA) is 113 Å². The summed E-state index contributed by atoms with van der Waals surface area (Å²) in [4.78, 5) is 45.0. The number of anilines is 2. The highest BCUT2D eigenvalue weighted by Crippen LogP contribution is 2.31. The second-order valence-electron chi connectivity index (χ2n) is 10.4. The fourth-order valence-electron chi connectivity index (χ4n) is 5.04. The molecule has 1 aliphatic rings. The number of halogens is 1. The predicted octanol–water partition coefficient (Wildman–Crippen LogP) is 4.23. The number of pyridine rings is 1. The highest BCUT2D eigenvalue weighted by Gasteiger charge is 2.28. The number of hydrogen-bond donors (Lipinski definition) is 2. The van der Waals surface area contributed by atoms with Crippen molar-refractivity contribution < 1.29 is 18.8 Å². The van der Waals surface area contributed by atoms with Gasteiger partial charge < -0.3 is 4.90 Å². The first kappa shape index (κ1) is 29.9. The van der Waals surface area contributed by atoms with Gasteiger partial charge in [-0.05, 0) is 48.9 Å². The molecule has 1 saturated carbocycles. The molecule has 10 nitrogen and oxygen atoms in total. The van der Waals surface area contributed by atoms with Gasteiger partial charge in [0.05, 0.1) is 12.5 Å². The van der Waals surface area contributed by atoms with Crippen LogP contribution in [0.3, 0.4) is 0 Å². The number of benzene rings is 1. The number of hydroxylamine groups is 2. The number of aromatic nitrogens is 3. The largest absolute Gasteiger partial charge is 0.357 e. The highest BCUT2D eigenvalue weighted by molar-refractivity contribution is 5.80. The summed E-state index contributed by atoms with van der Waals surface area (Å²) in [6.07, 6.45) is 9.65. The number of likely N-dealkylation sites (N-methyl/N-ethyl adjacent to an activating group) is 1. The van der Waals surface area contributed by atoms with Gasteiger partial charge in [-0.25, -0.2) is 15.0 Å². The normalized spacial score (nSPS) is 13.9. The van der Waals surface area contributed by atoms with Gasteiger partial charge in [-0.15, -0.1) is 0 Å². The molecule has 4 rings (SSSR count). The lowest BCUT2D eigenvalue weighted by Gasteiger charge is -2.25. The summed E-state index contributed by atoms with van der Waals surface area (Å²) in [6.45, 7) is 2.48. The van der Waals surface area contributed by atoms with E-state index in [-0.39, 0.29) is 30.7 Å². The number of amides is 2. The van der Waals surface area contributed by atoms with E-state index < -0.39 is 11.7 Å². The number of hydrazine groups is 1. The molecule has 0 bridgehead atoms. The number of nitrogens with zero attached hydrogens (tertiary/aromatic N) is 5. The molecule has 1 aliphatic carbocycles. The van der Waals surface area contributed by atoms with Gasteiger partial charge in [0.2, 0.25) is 18.1 Å². The third-order valence-electron chi connectivity index (χ3n) is 7.32. The van der Waals surface area contributed by atoms with Crippen molar-refractivity contribution in [1.82, 2.24) is 25.4 Å². The van der Waals surface area contributed by atoms with Crippen molar-refractivity contribution in [1.29, 1.82) is 0 Å². The van der Waals surface area contributed by atoms with Crippen molar-refractivity contribution in [2.75, 3.05) is 30.5 Å². The number of nitrogens with one attached hydrogen (secondary N) is 2. The molecule has 1 aromatic carbocycles. The van der Waals surface area contributed by atoms with Crippen LogP contribution >= 0.6 is 0 Å². The average Bonchev–Trinajstić information content (AvgIpc) is 3.51. The van der Waals surface area contributed by atoms with Crippen LogP contribution in [-0.2, 0) is 27.5 Å². The van der Waals surface area contributed by atoms with E-state index in [9.17, 15) is 9.59 Å². The van der Waals surface area contributed by atoms with E-state index in [1.54, 1.807) is 31.3 Å². The summed E-state index contributed by atoms with van der Waals surface area (Å²) in [5.74, 6) is -0.836. The Balaban J connectivity index is 1.40. The number of aryl methyl sites for hydroxylation is 1. The predicted molar refractivity (Wildman–Crippen MR) is 154 cm³/mol. The fourth-order valence-corrected chi connectivity index (χ4v) is 5.04. The van der Waals surface area contributed by atoms with Gasteiger partial charge in [0.25, 0.3) is 0 Å². The molecule has 0 saturated heterocycles. The Morgan fingerprint density at radius 1 is 1.12 bits per heavy atom. The van der Waals surface area contributed by atoms with Gasteiger partial charge in [-0.3, -0.25) is 30.3 Å². The lowest BCUT2D eigenvalue weighted by molar-refractivity contribution is -0.182. The summed E-state index contributed by atoms with van der Waals surface area (Å²) in [6, 6.07) is 13.3. The van der Waals surface area contributed by atoms with Crippen molar-refractivity contribution >= 4 is 24.0 Å². The summed E-state index contributed by atoms with van der Waals surface area (Å²) >= 11 is 0. The van der Waals surface area contributed by atoms with Crippen molar-refractivity contribution in [2.45, 2.75) is 52.1 Å². The van der Waals surface area contributed by atoms with Gasteiger partial charge in [-0.1, -0.05) is 56.0 Å². The molecule has 41 heavy (non-hydrogen) atoms. The highest BCUT2D eigenvalue weighted by atomic mass is 19.1. The Morgan fingerprint density at radius 2 is 1.85 bits per heavy atom. The van der Waals surface area contributed by atoms with E-state index in [2.05, 4.69) is 25.8 Å². The lowest BCUT2D eigenvalue weighted by atomic mass is 9.92. The zero-order valence-corrected chi connectivity index (χ0v) is 23.6. The van der Waals surface area contributed by atoms with Crippen LogP contribution in [0.2, 0.25) is 0 Å². The van der Waals surface area contributed by atoms with E-state index >= 15 is 4.39 Å². The van der Waals surface area contributed by atoms with Gasteiger partial charge in [-0.2, -0.15) is 4.39 Å². The Morgan fingerprint density at radius 3 is 2.56 bits per heavy atom. The van der Waals surface area contributed by atoms with Gasteiger partial charge in [0.15, 0.2) is 11.6 Å². The van der Waals surface area contributed by atoms with E-state index in [1.807, 2.05) is 42.5 Å². The van der Waals surface area contributed by atoms with E-state index in [4.69, 9.17) is 4.84 Å². The minimum atomic E-state index is -0.666. The first-order valence-electron chi connectivity index (χ1n) is 14.0. The molecular weight excluding hydrogens is 525 g/mol. The minimum Gasteiger partial charge on any atom is -0.357 e. The molecule has 0 spiro atoms. The fraction of sp³-hybridized carbons (Fsp3) is 0.433. The minimum absolute atomic E-state index is 0.0780. The zero-order valence-electron chi connectivity index (χ0n) is 23.6. The Kier molecular flexibility index (Phi) is 10.9. The maximum absolute atomic E-state index is 15.5. The summed E-state index contributed by atoms with van der Waals surface area (Å²) < 4.78 is 15.5. The molecule has 3 aromatic rings. The lowest BCUT2D eigenvalue weighted by Crippen LogP contribution is -2.42. The van der Waals surface area contributed by atoms with Crippen LogP contribution in [0.25, 0.3) is 0 Å². The van der Waals surface area contributed by atoms with E-state index in [1.165, 1.54) is 0 Å². The van der Waals surface area contributed by atoms with Gasteiger partial charge in [0.1, 0.15) is 12.4 Å². The molecule has 1 atom stereocenters. The summed E-state index contributed by atoms with van der Waals surface area (Å²) in [5, 5.41) is 1.16. The molecule has 0 radical (unpaired) electrons. The molecule has 2 heterocycles. The first-order chi connectivity index (χ1) is 19.9. The number of rotatable bonds is 15. The summed E-state index contributed by atoms with van der Waals surface area (Å²) in [7, 11) is 1.76. The molecule has 218 valence electrons. The first-order valence-corrected chi connectivity index (χ1v) is 14.0. The van der Waals surface area contributed by atoms with Crippen molar-refractivity contribution in [3.05, 3.63) is 77.6 Å². The van der Waals surface area contributed by atoms with Crippen LogP contribution in [0.5, 0.6) is 0 Å². The van der Waals surface area contributed by atoms with Crippen LogP contribution in [0.1, 0.15) is 49.1 Å². The van der Waals surface area contributed by atoms with Crippen molar-refractivity contribution in [2.24, 2.45) is 11.8 Å². The third-order valence-corrected chi connectivity index (χ3v) is 7.32. The number of carbonyl (C=O) groups excluding carboxylic acids is 2. The summed E-state index contributed by atoms with van der Waals surface area (Å²) in [5.41, 5.74) is 7.28. The SMILES string of the molecule is Cc1nc(NNC(=O)[C@@H](CC2CCCC2)CN(C=O)OCc2ccccc2)c(F)c(N(C)CCc2ccncc2)n1. The maximum atomic E-state index is 15.5. The molecule has 2 amide bonds. The van der Waals surface area contributed by atoms with Crippen molar-refractivity contribution in [3.63, 3.8) is 0 Å². The Bertz CT molecular complexity index is 1260. The van der Waals surface area contributed by atoms with E-state index in [0.29, 0.717) is 37.5 Å². The quantitative estimate of drug-likeness (QED) is 0.209. The second-order valence-corrected chi connectivity index (χ2v) is 10.4. The van der Waals surface area contributed by atoms with Gasteiger partial charge >= 0.3 is 0 Å². The van der Waals surface area contributed by atoms with Crippen LogP contribution in [0.15, 0.2) is 54.9 Å². The third kappa shape index (κ3) is 8.94. The number of hydrogen-bond acceptors (Lipinski definition) is 8. The van der Waals surface area contributed by atoms with Crippen LogP contribution < -0.4 is 15.8 Å². The molecule has 1 fully saturated rings. The van der Waals surface area contributed by atoms with Gasteiger partial charge in [0, 0.05) is 26.0 Å². The number of carbonyl (C=O) groups is 2. The smallest absolute Gasteiger partial charge is 0.243 e. The monoisotopic (exact) mass is 563 g/mol. The molecule has 2 aromatic heterocycles. The Hall–Kier alpha value is -4.12. The van der Waals surface area contributed by atoms with Crippen LogP contribution in [-0.4, -0.2) is 52.5 Å². The van der Waals surface area contributed by atoms with Crippen LogP contribution in [0, 0.1) is 24.6 Å². The molecular formula is C30H38FN7O3. The molecule has 2 N–H and O–H groups in total. The Labute approximate surface area is 240 Å². The molecule has 0 unspecified atom stereocenters. The molecule has 0 aliphatic heterocycles. The second kappa shape index (κ2) is 15.0. The standard InChI is InChI=1S/C30H38FN7O3/c1-22-33-28(27(31)29(34-22)37(2)17-14-23-12-15-32-16-13-23)35-36-30(40)26(18-24-8-6-7-9-24)19-38(21-39)41-20-25-10-4-3-5-11-25/h3-5,10-13,15-16,21,24,26H,6-9,14,17-20H2,1-2H3,(H,36,40)(H,33,34,35)/t26-/m0/s1. The maximum Gasteiger partial charge on any atom is 0.243 e. The molecule has 11 heteroatoms. The van der Waals surface area contributed by atoms with Crippen LogP contribution in [0.4, 0.5) is 16.0 Å². The van der Waals surface area contributed by atoms with Crippen molar-refractivity contribution in [3.8, 4) is 0 Å².